The number of nitrogens with one attached hydrogen (secondary N) is 1. The highest BCUT2D eigenvalue weighted by Gasteiger charge is 2.21. The summed E-state index contributed by atoms with van der Waals surface area (Å²) >= 11 is 6.18. The Bertz CT molecular complexity index is 999. The van der Waals surface area contributed by atoms with Crippen LogP contribution in [-0.4, -0.2) is 51.1 Å². The molecular formula is C23H26ClN5O2. The van der Waals surface area contributed by atoms with Crippen LogP contribution in [-0.2, 0) is 6.54 Å². The van der Waals surface area contributed by atoms with E-state index in [2.05, 4.69) is 20.2 Å². The van der Waals surface area contributed by atoms with Gasteiger partial charge in [0, 0.05) is 44.3 Å². The van der Waals surface area contributed by atoms with Gasteiger partial charge >= 0.3 is 0 Å². The molecule has 2 aromatic heterocycles. The Morgan fingerprint density at radius 2 is 2.10 bits per heavy atom. The second-order valence-corrected chi connectivity index (χ2v) is 8.00. The topological polar surface area (TPSA) is 72.3 Å². The van der Waals surface area contributed by atoms with Gasteiger partial charge in [-0.1, -0.05) is 17.7 Å². The number of halogens is 1. The minimum Gasteiger partial charge on any atom is -0.492 e. The van der Waals surface area contributed by atoms with Crippen LogP contribution in [0.1, 0.15) is 35.7 Å². The number of aromatic nitrogens is 3. The number of benzene rings is 1. The number of likely N-dealkylation sites (tertiary alicyclic amines) is 1. The Hall–Kier alpha value is -2.90. The fraction of sp³-hybridized carbons (Fsp3) is 0.348. The van der Waals surface area contributed by atoms with Crippen molar-refractivity contribution in [2.24, 2.45) is 0 Å². The second kappa shape index (κ2) is 9.94. The zero-order valence-corrected chi connectivity index (χ0v) is 18.3. The predicted octanol–water partition coefficient (Wildman–Crippen LogP) is 3.71. The van der Waals surface area contributed by atoms with E-state index in [4.69, 9.17) is 16.3 Å². The third kappa shape index (κ3) is 5.42. The van der Waals surface area contributed by atoms with Crippen LogP contribution in [0.3, 0.4) is 0 Å². The van der Waals surface area contributed by atoms with Crippen LogP contribution in [0, 0.1) is 0 Å². The smallest absolute Gasteiger partial charge is 0.253 e. The molecule has 8 heteroatoms. The molecule has 3 heterocycles. The van der Waals surface area contributed by atoms with E-state index < -0.39 is 0 Å². The molecule has 162 valence electrons. The number of amides is 1. The van der Waals surface area contributed by atoms with Gasteiger partial charge in [-0.05, 0) is 49.6 Å². The standard InChI is InChI=1S/C23H26ClN5O2/c1-2-31-21-13-17(3-5-20(21)24)15-28-10-7-19(8-11-28)27-23(30)18-4-6-22(26-14-18)29-12-9-25-16-29/h3-6,9,12-14,16,19H,2,7-8,10-11,15H2,1H3,(H,27,30). The van der Waals surface area contributed by atoms with Gasteiger partial charge in [-0.25, -0.2) is 9.97 Å². The Balaban J connectivity index is 1.27. The van der Waals surface area contributed by atoms with Crippen LogP contribution in [0.4, 0.5) is 0 Å². The average molecular weight is 440 g/mol. The maximum absolute atomic E-state index is 12.6. The molecule has 1 aromatic carbocycles. The van der Waals surface area contributed by atoms with E-state index in [1.54, 1.807) is 29.4 Å². The number of rotatable bonds is 7. The number of ether oxygens (including phenoxy) is 1. The van der Waals surface area contributed by atoms with E-state index in [0.29, 0.717) is 17.2 Å². The van der Waals surface area contributed by atoms with Crippen molar-refractivity contribution in [1.82, 2.24) is 24.8 Å². The fourth-order valence-electron chi connectivity index (χ4n) is 3.74. The van der Waals surface area contributed by atoms with E-state index in [1.165, 1.54) is 5.56 Å². The summed E-state index contributed by atoms with van der Waals surface area (Å²) in [6.07, 6.45) is 8.63. The van der Waals surface area contributed by atoms with Gasteiger partial charge in [0.15, 0.2) is 0 Å². The van der Waals surface area contributed by atoms with Crippen molar-refractivity contribution in [1.29, 1.82) is 0 Å². The molecule has 1 N–H and O–H groups in total. The summed E-state index contributed by atoms with van der Waals surface area (Å²) < 4.78 is 7.39. The Morgan fingerprint density at radius 1 is 1.26 bits per heavy atom. The molecule has 31 heavy (non-hydrogen) atoms. The number of piperidine rings is 1. The first kappa shape index (κ1) is 21.3. The number of hydrogen-bond donors (Lipinski definition) is 1. The lowest BCUT2D eigenvalue weighted by Gasteiger charge is -2.32. The van der Waals surface area contributed by atoms with Crippen molar-refractivity contribution in [3.05, 3.63) is 71.4 Å². The van der Waals surface area contributed by atoms with Crippen LogP contribution in [0.2, 0.25) is 5.02 Å². The van der Waals surface area contributed by atoms with E-state index >= 15 is 0 Å². The quantitative estimate of drug-likeness (QED) is 0.607. The SMILES string of the molecule is CCOc1cc(CN2CCC(NC(=O)c3ccc(-n4ccnc4)nc3)CC2)ccc1Cl. The number of hydrogen-bond acceptors (Lipinski definition) is 5. The van der Waals surface area contributed by atoms with Gasteiger partial charge in [-0.2, -0.15) is 0 Å². The number of nitrogens with zero attached hydrogens (tertiary/aromatic N) is 4. The molecule has 0 bridgehead atoms. The first-order chi connectivity index (χ1) is 15.1. The zero-order chi connectivity index (χ0) is 21.6. The Labute approximate surface area is 187 Å². The average Bonchev–Trinajstić information content (AvgIpc) is 3.33. The molecule has 0 aliphatic carbocycles. The van der Waals surface area contributed by atoms with Gasteiger partial charge in [0.1, 0.15) is 17.9 Å². The molecule has 1 aliphatic rings. The molecule has 0 saturated carbocycles. The third-order valence-electron chi connectivity index (χ3n) is 5.40. The number of carbonyl (C=O) groups is 1. The van der Waals surface area contributed by atoms with Gasteiger partial charge in [0.05, 0.1) is 17.2 Å². The molecule has 1 fully saturated rings. The van der Waals surface area contributed by atoms with Crippen LogP contribution in [0.5, 0.6) is 5.75 Å². The highest BCUT2D eigenvalue weighted by atomic mass is 35.5. The van der Waals surface area contributed by atoms with E-state index in [0.717, 1.165) is 44.0 Å². The second-order valence-electron chi connectivity index (χ2n) is 7.60. The molecule has 0 atom stereocenters. The summed E-state index contributed by atoms with van der Waals surface area (Å²) in [6, 6.07) is 9.73. The van der Waals surface area contributed by atoms with Crippen molar-refractivity contribution in [2.75, 3.05) is 19.7 Å². The third-order valence-corrected chi connectivity index (χ3v) is 5.72. The first-order valence-electron chi connectivity index (χ1n) is 10.5. The Morgan fingerprint density at radius 3 is 2.77 bits per heavy atom. The number of carbonyl (C=O) groups excluding carboxylic acids is 1. The molecule has 0 radical (unpaired) electrons. The van der Waals surface area contributed by atoms with Crippen molar-refractivity contribution < 1.29 is 9.53 Å². The van der Waals surface area contributed by atoms with Gasteiger partial charge in [0.25, 0.3) is 5.91 Å². The minimum atomic E-state index is -0.0813. The zero-order valence-electron chi connectivity index (χ0n) is 17.5. The van der Waals surface area contributed by atoms with Crippen molar-refractivity contribution in [3.8, 4) is 11.6 Å². The molecule has 1 aliphatic heterocycles. The van der Waals surface area contributed by atoms with E-state index in [9.17, 15) is 4.79 Å². The molecule has 3 aromatic rings. The normalized spacial score (nSPS) is 15.0. The number of pyridine rings is 1. The summed E-state index contributed by atoms with van der Waals surface area (Å²) in [6.45, 7) is 5.24. The van der Waals surface area contributed by atoms with Gasteiger partial charge in [-0.15, -0.1) is 0 Å². The summed E-state index contributed by atoms with van der Waals surface area (Å²) in [5, 5.41) is 3.78. The van der Waals surface area contributed by atoms with Crippen LogP contribution in [0.25, 0.3) is 5.82 Å². The molecular weight excluding hydrogens is 414 g/mol. The minimum absolute atomic E-state index is 0.0813. The summed E-state index contributed by atoms with van der Waals surface area (Å²) in [5.41, 5.74) is 1.75. The molecule has 1 amide bonds. The van der Waals surface area contributed by atoms with E-state index in [1.807, 2.05) is 37.4 Å². The van der Waals surface area contributed by atoms with Crippen LogP contribution < -0.4 is 10.1 Å². The first-order valence-corrected chi connectivity index (χ1v) is 10.9. The van der Waals surface area contributed by atoms with Gasteiger partial charge in [0.2, 0.25) is 0 Å². The lowest BCUT2D eigenvalue weighted by molar-refractivity contribution is 0.0908. The summed E-state index contributed by atoms with van der Waals surface area (Å²) in [7, 11) is 0. The maximum atomic E-state index is 12.6. The highest BCUT2D eigenvalue weighted by molar-refractivity contribution is 6.32. The summed E-state index contributed by atoms with van der Waals surface area (Å²) in [5.74, 6) is 1.38. The predicted molar refractivity (Wildman–Crippen MR) is 120 cm³/mol. The molecule has 1 saturated heterocycles. The molecule has 0 spiro atoms. The van der Waals surface area contributed by atoms with Gasteiger partial charge in [-0.3, -0.25) is 14.3 Å². The highest BCUT2D eigenvalue weighted by Crippen LogP contribution is 2.26. The molecule has 7 nitrogen and oxygen atoms in total. The van der Waals surface area contributed by atoms with Gasteiger partial charge < -0.3 is 10.1 Å². The summed E-state index contributed by atoms with van der Waals surface area (Å²) in [4.78, 5) is 23.4. The maximum Gasteiger partial charge on any atom is 0.253 e. The van der Waals surface area contributed by atoms with Crippen molar-refractivity contribution >= 4 is 17.5 Å². The van der Waals surface area contributed by atoms with Crippen molar-refractivity contribution in [3.63, 3.8) is 0 Å². The van der Waals surface area contributed by atoms with E-state index in [-0.39, 0.29) is 11.9 Å². The fourth-order valence-corrected chi connectivity index (χ4v) is 3.91. The largest absolute Gasteiger partial charge is 0.492 e. The van der Waals surface area contributed by atoms with Crippen LogP contribution in [0.15, 0.2) is 55.2 Å². The lowest BCUT2D eigenvalue weighted by Crippen LogP contribution is -2.44. The molecule has 0 unspecified atom stereocenters. The van der Waals surface area contributed by atoms with Crippen LogP contribution >= 0.6 is 11.6 Å². The molecule has 4 rings (SSSR count). The lowest BCUT2D eigenvalue weighted by atomic mass is 10.0. The monoisotopic (exact) mass is 439 g/mol. The van der Waals surface area contributed by atoms with Crippen molar-refractivity contribution in [2.45, 2.75) is 32.4 Å². The number of imidazole rings is 1. The Kier molecular flexibility index (Phi) is 6.84.